The SMILES string of the molecule is COc1ccccc1N(C)[C@@H]1CC[C@@]2(C)C(CCC3C2CC[C@@]2(C)C3CC[C@@H]2C(C)=O)C1. The fourth-order valence-electron chi connectivity index (χ4n) is 9.37. The highest BCUT2D eigenvalue weighted by atomic mass is 16.5. The minimum atomic E-state index is 0.275. The molecule has 4 aliphatic carbocycles. The van der Waals surface area contributed by atoms with Crippen LogP contribution in [0.25, 0.3) is 0 Å². The lowest BCUT2D eigenvalue weighted by atomic mass is 9.44. The summed E-state index contributed by atoms with van der Waals surface area (Å²) in [5.41, 5.74) is 1.99. The maximum Gasteiger partial charge on any atom is 0.142 e. The van der Waals surface area contributed by atoms with Gasteiger partial charge in [0, 0.05) is 19.0 Å². The quantitative estimate of drug-likeness (QED) is 0.522. The van der Waals surface area contributed by atoms with E-state index in [1.807, 2.05) is 6.92 Å². The summed E-state index contributed by atoms with van der Waals surface area (Å²) in [6.45, 7) is 6.97. The summed E-state index contributed by atoms with van der Waals surface area (Å²) in [5.74, 6) is 5.08. The number of nitrogens with zero attached hydrogens (tertiary/aromatic N) is 1. The van der Waals surface area contributed by atoms with Gasteiger partial charge in [-0.2, -0.15) is 0 Å². The van der Waals surface area contributed by atoms with Gasteiger partial charge in [-0.3, -0.25) is 4.79 Å². The molecule has 1 aromatic rings. The number of methoxy groups -OCH3 is 1. The zero-order chi connectivity index (χ0) is 22.7. The lowest BCUT2D eigenvalue weighted by Gasteiger charge is -2.61. The Balaban J connectivity index is 1.34. The van der Waals surface area contributed by atoms with Crippen LogP contribution in [0.4, 0.5) is 5.69 Å². The first-order chi connectivity index (χ1) is 15.3. The average Bonchev–Trinajstić information content (AvgIpc) is 3.15. The molecule has 0 N–H and O–H groups in total. The van der Waals surface area contributed by atoms with E-state index in [0.29, 0.717) is 23.2 Å². The molecule has 5 rings (SSSR count). The van der Waals surface area contributed by atoms with Crippen molar-refractivity contribution < 1.29 is 9.53 Å². The number of fused-ring (bicyclic) bond motifs is 5. The second kappa shape index (κ2) is 8.06. The highest BCUT2D eigenvalue weighted by molar-refractivity contribution is 5.79. The van der Waals surface area contributed by atoms with Crippen molar-refractivity contribution in [2.45, 2.75) is 84.6 Å². The molecule has 4 saturated carbocycles. The van der Waals surface area contributed by atoms with Crippen LogP contribution in [0, 0.1) is 40.4 Å². The second-order valence-electron chi connectivity index (χ2n) is 12.2. The van der Waals surface area contributed by atoms with E-state index in [1.54, 1.807) is 7.11 Å². The summed E-state index contributed by atoms with van der Waals surface area (Å²) in [5, 5.41) is 0. The number of ether oxygens (including phenoxy) is 1. The summed E-state index contributed by atoms with van der Waals surface area (Å²) in [4.78, 5) is 14.9. The van der Waals surface area contributed by atoms with E-state index in [4.69, 9.17) is 4.74 Å². The summed E-state index contributed by atoms with van der Waals surface area (Å²) >= 11 is 0. The van der Waals surface area contributed by atoms with E-state index in [1.165, 1.54) is 57.1 Å². The van der Waals surface area contributed by atoms with Gasteiger partial charge in [0.05, 0.1) is 12.8 Å². The van der Waals surface area contributed by atoms with Crippen LogP contribution in [0.1, 0.15) is 78.6 Å². The number of anilines is 1. The normalized spacial score (nSPS) is 43.0. The number of hydrogen-bond donors (Lipinski definition) is 0. The number of carbonyl (C=O) groups excluding carboxylic acids is 1. The van der Waals surface area contributed by atoms with Crippen LogP contribution in [-0.4, -0.2) is 26.0 Å². The maximum atomic E-state index is 12.4. The fraction of sp³-hybridized carbons (Fsp3) is 0.759. The molecule has 4 unspecified atom stereocenters. The molecule has 3 heteroatoms. The molecule has 0 spiro atoms. The molecule has 0 amide bonds. The molecule has 0 aromatic heterocycles. The predicted molar refractivity (Wildman–Crippen MR) is 131 cm³/mol. The molecule has 0 saturated heterocycles. The monoisotopic (exact) mass is 437 g/mol. The molecule has 0 bridgehead atoms. The third kappa shape index (κ3) is 3.24. The van der Waals surface area contributed by atoms with Gasteiger partial charge in [0.2, 0.25) is 0 Å². The van der Waals surface area contributed by atoms with Gasteiger partial charge in [0.1, 0.15) is 11.5 Å². The average molecular weight is 438 g/mol. The van der Waals surface area contributed by atoms with E-state index < -0.39 is 0 Å². The van der Waals surface area contributed by atoms with Gasteiger partial charge in [-0.1, -0.05) is 26.0 Å². The Kier molecular flexibility index (Phi) is 5.62. The third-order valence-electron chi connectivity index (χ3n) is 11.1. The van der Waals surface area contributed by atoms with Gasteiger partial charge in [-0.05, 0) is 111 Å². The topological polar surface area (TPSA) is 29.5 Å². The number of rotatable bonds is 4. The molecule has 8 atom stereocenters. The van der Waals surface area contributed by atoms with Crippen molar-refractivity contribution >= 4 is 11.5 Å². The number of ketones is 1. The Bertz CT molecular complexity index is 866. The van der Waals surface area contributed by atoms with Gasteiger partial charge < -0.3 is 9.64 Å². The Morgan fingerprint density at radius 1 is 0.969 bits per heavy atom. The van der Waals surface area contributed by atoms with Crippen LogP contribution in [0.2, 0.25) is 0 Å². The highest BCUT2D eigenvalue weighted by Gasteiger charge is 2.60. The van der Waals surface area contributed by atoms with Crippen molar-refractivity contribution in [2.24, 2.45) is 40.4 Å². The minimum Gasteiger partial charge on any atom is -0.495 e. The van der Waals surface area contributed by atoms with Crippen molar-refractivity contribution in [3.63, 3.8) is 0 Å². The number of benzene rings is 1. The summed E-state index contributed by atoms with van der Waals surface area (Å²) < 4.78 is 5.66. The minimum absolute atomic E-state index is 0.275. The molecule has 0 heterocycles. The molecule has 0 aliphatic heterocycles. The summed E-state index contributed by atoms with van der Waals surface area (Å²) in [7, 11) is 4.05. The first kappa shape index (κ1) is 22.3. The molecular formula is C29H43NO2. The number of para-hydroxylation sites is 2. The maximum absolute atomic E-state index is 12.4. The summed E-state index contributed by atoms with van der Waals surface area (Å²) in [6.07, 6.45) is 11.8. The van der Waals surface area contributed by atoms with E-state index in [9.17, 15) is 4.79 Å². The molecule has 32 heavy (non-hydrogen) atoms. The van der Waals surface area contributed by atoms with Gasteiger partial charge in [-0.25, -0.2) is 0 Å². The highest BCUT2D eigenvalue weighted by Crippen LogP contribution is 2.67. The molecule has 1 aromatic carbocycles. The van der Waals surface area contributed by atoms with E-state index in [0.717, 1.165) is 35.8 Å². The zero-order valence-corrected chi connectivity index (χ0v) is 20.9. The van der Waals surface area contributed by atoms with E-state index in [-0.39, 0.29) is 5.41 Å². The molecule has 4 aliphatic rings. The first-order valence-corrected chi connectivity index (χ1v) is 13.2. The van der Waals surface area contributed by atoms with Gasteiger partial charge in [-0.15, -0.1) is 0 Å². The number of carbonyl (C=O) groups is 1. The lowest BCUT2D eigenvalue weighted by Crippen LogP contribution is -2.55. The van der Waals surface area contributed by atoms with Crippen LogP contribution in [0.5, 0.6) is 5.75 Å². The van der Waals surface area contributed by atoms with Crippen molar-refractivity contribution in [3.05, 3.63) is 24.3 Å². The summed E-state index contributed by atoms with van der Waals surface area (Å²) in [6, 6.07) is 9.08. The van der Waals surface area contributed by atoms with E-state index in [2.05, 4.69) is 50.1 Å². The number of Topliss-reactive ketones (excluding diaryl/α,β-unsaturated/α-hetero) is 1. The van der Waals surface area contributed by atoms with Gasteiger partial charge >= 0.3 is 0 Å². The molecule has 0 radical (unpaired) electrons. The largest absolute Gasteiger partial charge is 0.495 e. The van der Waals surface area contributed by atoms with Gasteiger partial charge in [0.25, 0.3) is 0 Å². The molecular weight excluding hydrogens is 394 g/mol. The standard InChI is InChI=1S/C29H43NO2/c1-19(31)23-12-13-24-22-11-10-20-18-21(30(4)26-8-6-7-9-27(26)32-5)14-16-28(20,2)25(22)15-17-29(23,24)3/h6-9,20-25H,10-18H2,1-5H3/t20?,21-,22?,23-,24?,25?,28+,29-/m1/s1. The Hall–Kier alpha value is -1.51. The smallest absolute Gasteiger partial charge is 0.142 e. The molecule has 176 valence electrons. The van der Waals surface area contributed by atoms with Crippen molar-refractivity contribution in [2.75, 3.05) is 19.1 Å². The lowest BCUT2D eigenvalue weighted by molar-refractivity contribution is -0.134. The first-order valence-electron chi connectivity index (χ1n) is 13.2. The van der Waals surface area contributed by atoms with Crippen LogP contribution < -0.4 is 9.64 Å². The third-order valence-corrected chi connectivity index (χ3v) is 11.1. The van der Waals surface area contributed by atoms with Crippen LogP contribution in [0.3, 0.4) is 0 Å². The van der Waals surface area contributed by atoms with Crippen LogP contribution in [0.15, 0.2) is 24.3 Å². The fourth-order valence-corrected chi connectivity index (χ4v) is 9.37. The number of hydrogen-bond acceptors (Lipinski definition) is 3. The Morgan fingerprint density at radius 2 is 1.69 bits per heavy atom. The predicted octanol–water partition coefficient (Wildman–Crippen LogP) is 6.75. The van der Waals surface area contributed by atoms with Crippen LogP contribution in [-0.2, 0) is 4.79 Å². The van der Waals surface area contributed by atoms with Crippen LogP contribution >= 0.6 is 0 Å². The zero-order valence-electron chi connectivity index (χ0n) is 20.9. The van der Waals surface area contributed by atoms with Crippen molar-refractivity contribution in [3.8, 4) is 5.75 Å². The Labute approximate surface area is 195 Å². The van der Waals surface area contributed by atoms with Crippen molar-refractivity contribution in [1.29, 1.82) is 0 Å². The molecule has 3 nitrogen and oxygen atoms in total. The Morgan fingerprint density at radius 3 is 2.44 bits per heavy atom. The van der Waals surface area contributed by atoms with E-state index >= 15 is 0 Å². The van der Waals surface area contributed by atoms with Crippen molar-refractivity contribution in [1.82, 2.24) is 0 Å². The molecule has 4 fully saturated rings. The van der Waals surface area contributed by atoms with Gasteiger partial charge in [0.15, 0.2) is 0 Å². The second-order valence-corrected chi connectivity index (χ2v) is 12.2.